The molecule has 0 fully saturated rings. The lowest BCUT2D eigenvalue weighted by atomic mass is 10.0. The van der Waals surface area contributed by atoms with E-state index < -0.39 is 11.1 Å². The van der Waals surface area contributed by atoms with E-state index in [1.54, 1.807) is 41.7 Å². The SMILES string of the molecule is Cc1nc(-c2ccc(C3N(C)c4ccccc4C(=O)N3c3ccccc3[N+](=O)[O-])s2)cs1. The third-order valence-electron chi connectivity index (χ3n) is 5.44. The van der Waals surface area contributed by atoms with Crippen molar-refractivity contribution in [3.05, 3.63) is 91.6 Å². The number of nitro groups is 1. The first-order chi connectivity index (χ1) is 15.5. The van der Waals surface area contributed by atoms with Gasteiger partial charge in [0.05, 0.1) is 31.8 Å². The number of carbonyl (C=O) groups is 1. The van der Waals surface area contributed by atoms with Gasteiger partial charge in [-0.2, -0.15) is 0 Å². The van der Waals surface area contributed by atoms with Crippen LogP contribution < -0.4 is 9.80 Å². The topological polar surface area (TPSA) is 79.6 Å². The average Bonchev–Trinajstić information content (AvgIpc) is 3.45. The van der Waals surface area contributed by atoms with Crippen molar-refractivity contribution in [1.29, 1.82) is 0 Å². The van der Waals surface area contributed by atoms with Gasteiger partial charge in [-0.25, -0.2) is 4.98 Å². The van der Waals surface area contributed by atoms with Crippen LogP contribution in [0.15, 0.2) is 66.0 Å². The van der Waals surface area contributed by atoms with Gasteiger partial charge < -0.3 is 4.90 Å². The Labute approximate surface area is 192 Å². The molecule has 0 radical (unpaired) electrons. The van der Waals surface area contributed by atoms with Gasteiger partial charge in [0.25, 0.3) is 11.6 Å². The van der Waals surface area contributed by atoms with Gasteiger partial charge in [-0.05, 0) is 37.3 Å². The number of thiophene rings is 1. The molecular formula is C23H18N4O3S2. The van der Waals surface area contributed by atoms with E-state index in [1.807, 2.05) is 48.5 Å². The second-order valence-electron chi connectivity index (χ2n) is 7.38. The molecule has 0 aliphatic carbocycles. The fraction of sp³-hybridized carbons (Fsp3) is 0.130. The number of para-hydroxylation sites is 3. The van der Waals surface area contributed by atoms with Gasteiger partial charge in [-0.1, -0.05) is 24.3 Å². The number of fused-ring (bicyclic) bond motifs is 1. The van der Waals surface area contributed by atoms with Crippen LogP contribution in [0.5, 0.6) is 0 Å². The molecule has 1 unspecified atom stereocenters. The monoisotopic (exact) mass is 462 g/mol. The number of hydrogen-bond donors (Lipinski definition) is 0. The van der Waals surface area contributed by atoms with Crippen molar-refractivity contribution < 1.29 is 9.72 Å². The second-order valence-corrected chi connectivity index (χ2v) is 9.55. The molecule has 0 spiro atoms. The second kappa shape index (κ2) is 7.85. The van der Waals surface area contributed by atoms with Gasteiger partial charge in [0.2, 0.25) is 0 Å². The Morgan fingerprint density at radius 1 is 1.03 bits per heavy atom. The lowest BCUT2D eigenvalue weighted by Gasteiger charge is -2.43. The molecule has 1 aliphatic heterocycles. The van der Waals surface area contributed by atoms with Crippen molar-refractivity contribution >= 4 is 45.6 Å². The molecule has 160 valence electrons. The fourth-order valence-corrected chi connectivity index (χ4v) is 5.79. The molecule has 1 aliphatic rings. The molecule has 7 nitrogen and oxygen atoms in total. The molecule has 4 aromatic rings. The lowest BCUT2D eigenvalue weighted by molar-refractivity contribution is -0.384. The van der Waals surface area contributed by atoms with Crippen molar-refractivity contribution in [2.75, 3.05) is 16.8 Å². The van der Waals surface area contributed by atoms with E-state index >= 15 is 0 Å². The predicted octanol–water partition coefficient (Wildman–Crippen LogP) is 5.88. The summed E-state index contributed by atoms with van der Waals surface area (Å²) in [7, 11) is 1.91. The Balaban J connectivity index is 1.69. The number of amides is 1. The summed E-state index contributed by atoms with van der Waals surface area (Å²) in [5.74, 6) is -0.266. The Kier molecular flexibility index (Phi) is 4.99. The maximum atomic E-state index is 13.7. The van der Waals surface area contributed by atoms with Crippen LogP contribution in [0.25, 0.3) is 10.6 Å². The highest BCUT2D eigenvalue weighted by Gasteiger charge is 2.41. The molecule has 0 N–H and O–H groups in total. The first-order valence-electron chi connectivity index (χ1n) is 9.87. The number of benzene rings is 2. The summed E-state index contributed by atoms with van der Waals surface area (Å²) in [6, 6.07) is 17.7. The zero-order chi connectivity index (χ0) is 22.4. The highest BCUT2D eigenvalue weighted by Crippen LogP contribution is 2.45. The van der Waals surface area contributed by atoms with Crippen LogP contribution in [0, 0.1) is 17.0 Å². The Morgan fingerprint density at radius 3 is 2.47 bits per heavy atom. The predicted molar refractivity (Wildman–Crippen MR) is 128 cm³/mol. The number of thiazole rings is 1. The van der Waals surface area contributed by atoms with Crippen molar-refractivity contribution in [2.24, 2.45) is 0 Å². The number of aryl methyl sites for hydroxylation is 1. The molecule has 1 amide bonds. The third-order valence-corrected chi connectivity index (χ3v) is 7.36. The summed E-state index contributed by atoms with van der Waals surface area (Å²) < 4.78 is 0. The van der Waals surface area contributed by atoms with E-state index in [1.165, 1.54) is 22.3 Å². The molecule has 9 heteroatoms. The molecule has 0 saturated carbocycles. The van der Waals surface area contributed by atoms with Crippen molar-refractivity contribution in [3.8, 4) is 10.6 Å². The van der Waals surface area contributed by atoms with Crippen LogP contribution in [0.2, 0.25) is 0 Å². The highest BCUT2D eigenvalue weighted by molar-refractivity contribution is 7.16. The average molecular weight is 463 g/mol. The summed E-state index contributed by atoms with van der Waals surface area (Å²) in [5, 5.41) is 14.8. The number of aromatic nitrogens is 1. The summed E-state index contributed by atoms with van der Waals surface area (Å²) >= 11 is 3.12. The van der Waals surface area contributed by atoms with E-state index in [0.717, 1.165) is 26.1 Å². The summed E-state index contributed by atoms with van der Waals surface area (Å²) in [6.45, 7) is 1.96. The van der Waals surface area contributed by atoms with Gasteiger partial charge in [0.15, 0.2) is 0 Å². The Bertz CT molecular complexity index is 1350. The van der Waals surface area contributed by atoms with Crippen molar-refractivity contribution in [3.63, 3.8) is 0 Å². The number of carbonyl (C=O) groups excluding carboxylic acids is 1. The van der Waals surface area contributed by atoms with Crippen LogP contribution in [0.4, 0.5) is 17.1 Å². The number of nitro benzene ring substituents is 1. The highest BCUT2D eigenvalue weighted by atomic mass is 32.1. The normalized spacial score (nSPS) is 15.7. The maximum Gasteiger partial charge on any atom is 0.293 e. The number of nitrogens with zero attached hydrogens (tertiary/aromatic N) is 4. The third kappa shape index (κ3) is 3.26. The first-order valence-corrected chi connectivity index (χ1v) is 11.6. The van der Waals surface area contributed by atoms with Crippen molar-refractivity contribution in [1.82, 2.24) is 4.98 Å². The minimum atomic E-state index is -0.531. The van der Waals surface area contributed by atoms with Gasteiger partial charge in [0, 0.05) is 23.4 Å². The zero-order valence-electron chi connectivity index (χ0n) is 17.3. The first kappa shape index (κ1) is 20.3. The molecule has 2 aromatic heterocycles. The molecule has 3 heterocycles. The zero-order valence-corrected chi connectivity index (χ0v) is 18.9. The number of hydrogen-bond acceptors (Lipinski definition) is 7. The van der Waals surface area contributed by atoms with E-state index in [9.17, 15) is 14.9 Å². The van der Waals surface area contributed by atoms with Gasteiger partial charge in [-0.3, -0.25) is 19.8 Å². The summed E-state index contributed by atoms with van der Waals surface area (Å²) in [5.41, 5.74) is 2.36. The molecule has 0 saturated heterocycles. The van der Waals surface area contributed by atoms with Gasteiger partial charge in [0.1, 0.15) is 11.9 Å². The molecule has 5 rings (SSSR count). The van der Waals surface area contributed by atoms with E-state index in [-0.39, 0.29) is 17.3 Å². The van der Waals surface area contributed by atoms with Gasteiger partial charge >= 0.3 is 0 Å². The molecule has 32 heavy (non-hydrogen) atoms. The van der Waals surface area contributed by atoms with E-state index in [0.29, 0.717) is 5.56 Å². The minimum Gasteiger partial charge on any atom is -0.349 e. The van der Waals surface area contributed by atoms with Crippen LogP contribution >= 0.6 is 22.7 Å². The molecule has 0 bridgehead atoms. The molecular weight excluding hydrogens is 444 g/mol. The standard InChI is InChI=1S/C23H18N4O3S2/c1-14-24-16(13-31-14)20-11-12-21(32-20)22-25(2)17-8-4-3-7-15(17)23(28)26(22)18-9-5-6-10-19(18)27(29)30/h3-13,22H,1-2H3. The van der Waals surface area contributed by atoms with E-state index in [4.69, 9.17) is 0 Å². The molecule has 1 atom stereocenters. The Hall–Kier alpha value is -3.56. The summed E-state index contributed by atoms with van der Waals surface area (Å²) in [4.78, 5) is 35.0. The number of anilines is 2. The van der Waals surface area contributed by atoms with Gasteiger partial charge in [-0.15, -0.1) is 22.7 Å². The largest absolute Gasteiger partial charge is 0.349 e. The van der Waals surface area contributed by atoms with Crippen LogP contribution in [0.3, 0.4) is 0 Å². The summed E-state index contributed by atoms with van der Waals surface area (Å²) in [6.07, 6.45) is -0.531. The van der Waals surface area contributed by atoms with Crippen molar-refractivity contribution in [2.45, 2.75) is 13.1 Å². The minimum absolute atomic E-state index is 0.106. The quantitative estimate of drug-likeness (QED) is 0.279. The van der Waals surface area contributed by atoms with Crippen LogP contribution in [-0.2, 0) is 0 Å². The maximum absolute atomic E-state index is 13.7. The van der Waals surface area contributed by atoms with E-state index in [2.05, 4.69) is 4.98 Å². The number of rotatable bonds is 4. The fourth-order valence-electron chi connectivity index (χ4n) is 4.00. The lowest BCUT2D eigenvalue weighted by Crippen LogP contribution is -2.48. The smallest absolute Gasteiger partial charge is 0.293 e. The molecule has 2 aromatic carbocycles. The Morgan fingerprint density at radius 2 is 1.75 bits per heavy atom. The van der Waals surface area contributed by atoms with Crippen LogP contribution in [-0.4, -0.2) is 22.9 Å². The van der Waals surface area contributed by atoms with Crippen LogP contribution in [0.1, 0.15) is 26.4 Å².